The van der Waals surface area contributed by atoms with E-state index in [0.29, 0.717) is 0 Å². The number of aliphatic carboxylic acids is 2. The fourth-order valence-electron chi connectivity index (χ4n) is 4.80. The van der Waals surface area contributed by atoms with Gasteiger partial charge in [-0.25, -0.2) is 0 Å². The summed E-state index contributed by atoms with van der Waals surface area (Å²) in [6.07, 6.45) is 13.0. The van der Waals surface area contributed by atoms with Crippen LogP contribution in [0.2, 0.25) is 0 Å². The molecule has 0 heterocycles. The van der Waals surface area contributed by atoms with Crippen molar-refractivity contribution in [3.05, 3.63) is 33.9 Å². The number of carbonyl (C=O) groups is 2. The minimum atomic E-state index is -0.706. The maximum atomic E-state index is 11.3. The zero-order valence-corrected chi connectivity index (χ0v) is 21.0. The molecule has 32 heavy (non-hydrogen) atoms. The maximum absolute atomic E-state index is 11.3. The maximum Gasteiger partial charge on any atom is 0.309 e. The zero-order chi connectivity index (χ0) is 23.9. The van der Waals surface area contributed by atoms with Gasteiger partial charge in [0.25, 0.3) is 0 Å². The number of unbranched alkanes of at least 4 members (excludes halogenated alkanes) is 5. The molecule has 0 spiro atoms. The van der Waals surface area contributed by atoms with Crippen molar-refractivity contribution in [2.45, 2.75) is 118 Å². The summed E-state index contributed by atoms with van der Waals surface area (Å²) in [6.45, 7) is 10.3. The smallest absolute Gasteiger partial charge is 0.309 e. The average Bonchev–Trinajstić information content (AvgIpc) is 3.51. The van der Waals surface area contributed by atoms with E-state index in [2.05, 4.69) is 26.8 Å². The Hall–Kier alpha value is -1.84. The van der Waals surface area contributed by atoms with Gasteiger partial charge in [0.15, 0.2) is 0 Å². The molecule has 0 amide bonds. The second-order valence-electron chi connectivity index (χ2n) is 10.8. The van der Waals surface area contributed by atoms with Crippen LogP contribution in [0.4, 0.5) is 0 Å². The van der Waals surface area contributed by atoms with E-state index in [4.69, 9.17) is 0 Å². The van der Waals surface area contributed by atoms with E-state index >= 15 is 0 Å². The van der Waals surface area contributed by atoms with Gasteiger partial charge >= 0.3 is 11.9 Å². The lowest BCUT2D eigenvalue weighted by atomic mass is 9.86. The molecule has 0 atom stereocenters. The molecule has 1 aliphatic carbocycles. The zero-order valence-electron chi connectivity index (χ0n) is 21.0. The number of hydrogen-bond acceptors (Lipinski definition) is 2. The topological polar surface area (TPSA) is 74.6 Å². The van der Waals surface area contributed by atoms with Gasteiger partial charge in [-0.2, -0.15) is 0 Å². The second kappa shape index (κ2) is 11.3. The highest BCUT2D eigenvalue weighted by atomic mass is 16.4. The second-order valence-corrected chi connectivity index (χ2v) is 10.8. The molecule has 0 radical (unpaired) electrons. The van der Waals surface area contributed by atoms with E-state index in [9.17, 15) is 19.8 Å². The van der Waals surface area contributed by atoms with Crippen molar-refractivity contribution >= 4 is 11.9 Å². The first-order chi connectivity index (χ1) is 15.0. The molecule has 0 aromatic heterocycles. The standard InChI is InChI=1S/C28H44O4/c1-20-19-23(13-9-6-7-11-15-27(4,5)25(29)30)24(22(3)21(20)2)14-10-8-12-16-28(17-18-28)26(31)32/h19H,6-18H2,1-5H3,(H,29,30)(H,31,32). The molecular weight excluding hydrogens is 400 g/mol. The highest BCUT2D eigenvalue weighted by Crippen LogP contribution is 2.50. The Balaban J connectivity index is 1.82. The first-order valence-corrected chi connectivity index (χ1v) is 12.6. The summed E-state index contributed by atoms with van der Waals surface area (Å²) in [5.74, 6) is -1.31. The van der Waals surface area contributed by atoms with Crippen LogP contribution in [0, 0.1) is 31.6 Å². The third kappa shape index (κ3) is 7.08. The van der Waals surface area contributed by atoms with Crippen LogP contribution in [0.25, 0.3) is 0 Å². The van der Waals surface area contributed by atoms with E-state index in [0.717, 1.165) is 83.5 Å². The Morgan fingerprint density at radius 3 is 2.06 bits per heavy atom. The molecule has 2 N–H and O–H groups in total. The van der Waals surface area contributed by atoms with Crippen LogP contribution in [0.1, 0.15) is 112 Å². The molecular formula is C28H44O4. The van der Waals surface area contributed by atoms with Crippen LogP contribution in [-0.4, -0.2) is 22.2 Å². The van der Waals surface area contributed by atoms with Gasteiger partial charge in [0.05, 0.1) is 10.8 Å². The van der Waals surface area contributed by atoms with Gasteiger partial charge in [0.2, 0.25) is 0 Å². The van der Waals surface area contributed by atoms with Gasteiger partial charge in [-0.15, -0.1) is 0 Å². The van der Waals surface area contributed by atoms with Crippen molar-refractivity contribution in [3.8, 4) is 0 Å². The van der Waals surface area contributed by atoms with Crippen LogP contribution in [0.5, 0.6) is 0 Å². The van der Waals surface area contributed by atoms with Crippen LogP contribution in [0.15, 0.2) is 6.07 Å². The molecule has 0 unspecified atom stereocenters. The van der Waals surface area contributed by atoms with Crippen molar-refractivity contribution in [1.82, 2.24) is 0 Å². The largest absolute Gasteiger partial charge is 0.481 e. The minimum absolute atomic E-state index is 0.388. The van der Waals surface area contributed by atoms with Crippen molar-refractivity contribution < 1.29 is 19.8 Å². The lowest BCUT2D eigenvalue weighted by Crippen LogP contribution is -2.23. The number of aryl methyl sites for hydroxylation is 2. The molecule has 0 aliphatic heterocycles. The van der Waals surface area contributed by atoms with Crippen LogP contribution < -0.4 is 0 Å². The van der Waals surface area contributed by atoms with Crippen LogP contribution >= 0.6 is 0 Å². The van der Waals surface area contributed by atoms with E-state index < -0.39 is 17.4 Å². The molecule has 1 fully saturated rings. The highest BCUT2D eigenvalue weighted by molar-refractivity contribution is 5.77. The predicted octanol–water partition coefficient (Wildman–Crippen LogP) is 7.18. The Kier molecular flexibility index (Phi) is 9.36. The Morgan fingerprint density at radius 2 is 1.47 bits per heavy atom. The molecule has 1 aliphatic rings. The monoisotopic (exact) mass is 444 g/mol. The van der Waals surface area contributed by atoms with E-state index in [-0.39, 0.29) is 5.41 Å². The normalized spacial score (nSPS) is 15.0. The van der Waals surface area contributed by atoms with Gasteiger partial charge in [0.1, 0.15) is 0 Å². The summed E-state index contributed by atoms with van der Waals surface area (Å²) >= 11 is 0. The third-order valence-electron chi connectivity index (χ3n) is 7.85. The quantitative estimate of drug-likeness (QED) is 0.281. The number of rotatable bonds is 15. The van der Waals surface area contributed by atoms with E-state index in [1.54, 1.807) is 0 Å². The molecule has 2 rings (SSSR count). The summed E-state index contributed by atoms with van der Waals surface area (Å²) in [4.78, 5) is 22.6. The highest BCUT2D eigenvalue weighted by Gasteiger charge is 2.49. The SMILES string of the molecule is Cc1cc(CCCCCCC(C)(C)C(=O)O)c(CCCCCC2(C(=O)O)CC2)c(C)c1C. The summed E-state index contributed by atoms with van der Waals surface area (Å²) in [7, 11) is 0. The molecule has 1 saturated carbocycles. The summed E-state index contributed by atoms with van der Waals surface area (Å²) in [5.41, 5.74) is 6.14. The molecule has 0 saturated heterocycles. The Labute approximate surface area is 194 Å². The Morgan fingerprint density at radius 1 is 0.875 bits per heavy atom. The van der Waals surface area contributed by atoms with Crippen molar-refractivity contribution in [3.63, 3.8) is 0 Å². The molecule has 4 nitrogen and oxygen atoms in total. The lowest BCUT2D eigenvalue weighted by Gasteiger charge is -2.19. The molecule has 1 aromatic carbocycles. The molecule has 180 valence electrons. The molecule has 4 heteroatoms. The summed E-state index contributed by atoms with van der Waals surface area (Å²) in [6, 6.07) is 2.37. The van der Waals surface area contributed by atoms with Gasteiger partial charge in [-0.3, -0.25) is 9.59 Å². The molecule has 1 aromatic rings. The van der Waals surface area contributed by atoms with E-state index in [1.807, 2.05) is 13.8 Å². The number of carboxylic acid groups (broad SMARTS) is 2. The number of carboxylic acids is 2. The van der Waals surface area contributed by atoms with E-state index in [1.165, 1.54) is 27.8 Å². The fraction of sp³-hybridized carbons (Fsp3) is 0.714. The minimum Gasteiger partial charge on any atom is -0.481 e. The summed E-state index contributed by atoms with van der Waals surface area (Å²) in [5, 5.41) is 18.6. The van der Waals surface area contributed by atoms with Gasteiger partial charge < -0.3 is 10.2 Å². The van der Waals surface area contributed by atoms with Crippen molar-refractivity contribution in [2.75, 3.05) is 0 Å². The molecule has 0 bridgehead atoms. The van der Waals surface area contributed by atoms with Crippen LogP contribution in [-0.2, 0) is 22.4 Å². The lowest BCUT2D eigenvalue weighted by molar-refractivity contribution is -0.147. The number of hydrogen-bond donors (Lipinski definition) is 2. The fourth-order valence-corrected chi connectivity index (χ4v) is 4.80. The van der Waals surface area contributed by atoms with Gasteiger partial charge in [-0.1, -0.05) is 38.2 Å². The third-order valence-corrected chi connectivity index (χ3v) is 7.85. The average molecular weight is 445 g/mol. The first kappa shape index (κ1) is 26.4. The van der Waals surface area contributed by atoms with Crippen molar-refractivity contribution in [2.24, 2.45) is 10.8 Å². The van der Waals surface area contributed by atoms with Crippen molar-refractivity contribution in [1.29, 1.82) is 0 Å². The van der Waals surface area contributed by atoms with Gasteiger partial charge in [-0.05, 0) is 114 Å². The first-order valence-electron chi connectivity index (χ1n) is 12.6. The van der Waals surface area contributed by atoms with Crippen LogP contribution in [0.3, 0.4) is 0 Å². The summed E-state index contributed by atoms with van der Waals surface area (Å²) < 4.78 is 0. The predicted molar refractivity (Wildman–Crippen MR) is 130 cm³/mol. The Bertz CT molecular complexity index is 802. The number of benzene rings is 1. The van der Waals surface area contributed by atoms with Gasteiger partial charge in [0, 0.05) is 0 Å².